The normalized spacial score (nSPS) is 11.3. The summed E-state index contributed by atoms with van der Waals surface area (Å²) in [4.78, 5) is 10.9. The average Bonchev–Trinajstić information content (AvgIpc) is 2.21. The van der Waals surface area contributed by atoms with E-state index in [-0.39, 0.29) is 5.75 Å². The van der Waals surface area contributed by atoms with Gasteiger partial charge >= 0.3 is 0 Å². The Bertz CT molecular complexity index is 383. The van der Waals surface area contributed by atoms with E-state index < -0.39 is 11.2 Å². The number of aldehydes is 1. The van der Waals surface area contributed by atoms with E-state index in [0.717, 1.165) is 6.29 Å². The molecule has 0 saturated heterocycles. The van der Waals surface area contributed by atoms with Crippen molar-refractivity contribution in [2.24, 2.45) is 0 Å². The van der Waals surface area contributed by atoms with Gasteiger partial charge in [-0.2, -0.15) is 0 Å². The van der Waals surface area contributed by atoms with Crippen molar-refractivity contribution in [3.8, 4) is 5.75 Å². The highest BCUT2D eigenvalue weighted by molar-refractivity contribution is 5.69. The minimum absolute atomic E-state index is 0.159. The molecule has 0 aromatic heterocycles. The zero-order chi connectivity index (χ0) is 11.6. The molecule has 0 aliphatic heterocycles. The maximum atomic E-state index is 13.7. The van der Waals surface area contributed by atoms with Crippen LogP contribution in [0.25, 0.3) is 0 Å². The molecule has 0 heterocycles. The Morgan fingerprint density at radius 1 is 1.40 bits per heavy atom. The van der Waals surface area contributed by atoms with Crippen LogP contribution in [-0.2, 0) is 10.2 Å². The largest absolute Gasteiger partial charge is 0.493 e. The van der Waals surface area contributed by atoms with Crippen LogP contribution in [0.15, 0.2) is 12.1 Å². The van der Waals surface area contributed by atoms with Crippen molar-refractivity contribution in [2.45, 2.75) is 26.2 Å². The van der Waals surface area contributed by atoms with E-state index in [2.05, 4.69) is 0 Å². The fraction of sp³-hybridized carbons (Fsp3) is 0.417. The van der Waals surface area contributed by atoms with Gasteiger partial charge in [0.2, 0.25) is 0 Å². The van der Waals surface area contributed by atoms with E-state index in [1.807, 2.05) is 0 Å². The number of ether oxygens (including phenoxy) is 1. The molecule has 1 rings (SSSR count). The lowest BCUT2D eigenvalue weighted by Gasteiger charge is -2.21. The molecule has 0 unspecified atom stereocenters. The van der Waals surface area contributed by atoms with E-state index in [9.17, 15) is 9.18 Å². The van der Waals surface area contributed by atoms with Crippen molar-refractivity contribution in [1.82, 2.24) is 0 Å². The van der Waals surface area contributed by atoms with Crippen LogP contribution in [0.5, 0.6) is 5.75 Å². The maximum absolute atomic E-state index is 13.7. The van der Waals surface area contributed by atoms with Gasteiger partial charge in [0, 0.05) is 11.0 Å². The standard InChI is InChI=1S/C12H15FO2/c1-8-5-6-9(12(2,3)7-14)11(15-4)10(8)13/h5-7H,1-4H3. The fourth-order valence-electron chi connectivity index (χ4n) is 1.42. The lowest BCUT2D eigenvalue weighted by Crippen LogP contribution is -2.20. The number of hydrogen-bond donors (Lipinski definition) is 0. The molecule has 0 aliphatic carbocycles. The number of methoxy groups -OCH3 is 1. The third-order valence-electron chi connectivity index (χ3n) is 2.48. The number of aryl methyl sites for hydroxylation is 1. The molecule has 0 bridgehead atoms. The van der Waals surface area contributed by atoms with Crippen LogP contribution in [0, 0.1) is 12.7 Å². The Hall–Kier alpha value is -1.38. The van der Waals surface area contributed by atoms with Gasteiger partial charge in [0.15, 0.2) is 11.6 Å². The van der Waals surface area contributed by atoms with Crippen molar-refractivity contribution in [1.29, 1.82) is 0 Å². The number of rotatable bonds is 3. The average molecular weight is 210 g/mol. The lowest BCUT2D eigenvalue weighted by molar-refractivity contribution is -0.111. The van der Waals surface area contributed by atoms with Crippen LogP contribution in [0.1, 0.15) is 25.0 Å². The molecular weight excluding hydrogens is 195 g/mol. The van der Waals surface area contributed by atoms with Crippen LogP contribution in [0.2, 0.25) is 0 Å². The zero-order valence-corrected chi connectivity index (χ0v) is 9.43. The van der Waals surface area contributed by atoms with E-state index >= 15 is 0 Å². The summed E-state index contributed by atoms with van der Waals surface area (Å²) in [7, 11) is 1.40. The van der Waals surface area contributed by atoms with E-state index in [1.54, 1.807) is 32.9 Å². The predicted octanol–water partition coefficient (Wildman–Crippen LogP) is 2.62. The van der Waals surface area contributed by atoms with Gasteiger partial charge in [0.05, 0.1) is 7.11 Å². The molecule has 82 valence electrons. The molecule has 0 radical (unpaired) electrons. The molecule has 0 amide bonds. The molecule has 1 aromatic carbocycles. The molecule has 0 N–H and O–H groups in total. The van der Waals surface area contributed by atoms with Gasteiger partial charge in [-0.1, -0.05) is 12.1 Å². The van der Waals surface area contributed by atoms with Crippen molar-refractivity contribution in [3.05, 3.63) is 29.1 Å². The number of carbonyl (C=O) groups is 1. The predicted molar refractivity (Wildman–Crippen MR) is 56.8 cm³/mol. The molecule has 3 heteroatoms. The van der Waals surface area contributed by atoms with Crippen LogP contribution in [0.3, 0.4) is 0 Å². The molecule has 1 aromatic rings. The molecular formula is C12H15FO2. The Labute approximate surface area is 89.1 Å². The maximum Gasteiger partial charge on any atom is 0.168 e. The van der Waals surface area contributed by atoms with Gasteiger partial charge in [0.1, 0.15) is 6.29 Å². The Balaban J connectivity index is 3.43. The minimum Gasteiger partial charge on any atom is -0.493 e. The van der Waals surface area contributed by atoms with Crippen LogP contribution >= 0.6 is 0 Å². The van der Waals surface area contributed by atoms with E-state index in [1.165, 1.54) is 7.11 Å². The van der Waals surface area contributed by atoms with Gasteiger partial charge in [-0.05, 0) is 26.3 Å². The summed E-state index contributed by atoms with van der Waals surface area (Å²) >= 11 is 0. The zero-order valence-electron chi connectivity index (χ0n) is 9.43. The molecule has 2 nitrogen and oxygen atoms in total. The second-order valence-electron chi connectivity index (χ2n) is 4.12. The first kappa shape index (κ1) is 11.7. The lowest BCUT2D eigenvalue weighted by atomic mass is 9.85. The van der Waals surface area contributed by atoms with Gasteiger partial charge < -0.3 is 9.53 Å². The molecule has 0 aliphatic rings. The topological polar surface area (TPSA) is 26.3 Å². The SMILES string of the molecule is COc1c(C(C)(C)C=O)ccc(C)c1F. The summed E-state index contributed by atoms with van der Waals surface area (Å²) in [5.41, 5.74) is 0.347. The number of carbonyl (C=O) groups excluding carboxylic acids is 1. The smallest absolute Gasteiger partial charge is 0.168 e. The van der Waals surface area contributed by atoms with Gasteiger partial charge in [0.25, 0.3) is 0 Å². The van der Waals surface area contributed by atoms with Gasteiger partial charge in [-0.3, -0.25) is 0 Å². The highest BCUT2D eigenvalue weighted by Crippen LogP contribution is 2.33. The van der Waals surface area contributed by atoms with Crippen molar-refractivity contribution in [2.75, 3.05) is 7.11 Å². The quantitative estimate of drug-likeness (QED) is 0.717. The fourth-order valence-corrected chi connectivity index (χ4v) is 1.42. The molecule has 0 fully saturated rings. The number of benzene rings is 1. The van der Waals surface area contributed by atoms with Crippen molar-refractivity contribution in [3.63, 3.8) is 0 Å². The first-order chi connectivity index (χ1) is 6.94. The Morgan fingerprint density at radius 2 is 2.00 bits per heavy atom. The van der Waals surface area contributed by atoms with Crippen molar-refractivity contribution >= 4 is 6.29 Å². The first-order valence-electron chi connectivity index (χ1n) is 4.74. The number of hydrogen-bond acceptors (Lipinski definition) is 2. The van der Waals surface area contributed by atoms with Gasteiger partial charge in [-0.15, -0.1) is 0 Å². The van der Waals surface area contributed by atoms with E-state index in [4.69, 9.17) is 4.74 Å². The molecule has 15 heavy (non-hydrogen) atoms. The summed E-state index contributed by atoms with van der Waals surface area (Å²) in [6.45, 7) is 5.12. The third-order valence-corrected chi connectivity index (χ3v) is 2.48. The third kappa shape index (κ3) is 2.01. The first-order valence-corrected chi connectivity index (χ1v) is 4.74. The van der Waals surface area contributed by atoms with Crippen LogP contribution in [-0.4, -0.2) is 13.4 Å². The summed E-state index contributed by atoms with van der Waals surface area (Å²) < 4.78 is 18.7. The highest BCUT2D eigenvalue weighted by Gasteiger charge is 2.26. The van der Waals surface area contributed by atoms with Gasteiger partial charge in [-0.25, -0.2) is 4.39 Å². The summed E-state index contributed by atoms with van der Waals surface area (Å²) in [6.07, 6.45) is 0.791. The summed E-state index contributed by atoms with van der Waals surface area (Å²) in [6, 6.07) is 3.38. The Morgan fingerprint density at radius 3 is 2.47 bits per heavy atom. The highest BCUT2D eigenvalue weighted by atomic mass is 19.1. The van der Waals surface area contributed by atoms with Crippen LogP contribution < -0.4 is 4.74 Å². The number of halogens is 1. The molecule has 0 spiro atoms. The summed E-state index contributed by atoms with van der Waals surface area (Å²) in [5.74, 6) is -0.239. The summed E-state index contributed by atoms with van der Waals surface area (Å²) in [5, 5.41) is 0. The minimum atomic E-state index is -0.736. The second-order valence-corrected chi connectivity index (χ2v) is 4.12. The monoisotopic (exact) mass is 210 g/mol. The molecule has 0 saturated carbocycles. The van der Waals surface area contributed by atoms with E-state index in [0.29, 0.717) is 11.1 Å². The Kier molecular flexibility index (Phi) is 3.12. The van der Waals surface area contributed by atoms with Crippen LogP contribution in [0.4, 0.5) is 4.39 Å². The molecule has 0 atom stereocenters. The van der Waals surface area contributed by atoms with Crippen molar-refractivity contribution < 1.29 is 13.9 Å². The second kappa shape index (κ2) is 4.01.